The van der Waals surface area contributed by atoms with Gasteiger partial charge >= 0.3 is 11.9 Å². The van der Waals surface area contributed by atoms with Gasteiger partial charge in [-0.1, -0.05) is 75.0 Å². The molecule has 0 bridgehead atoms. The average molecular weight is 478 g/mol. The summed E-state index contributed by atoms with van der Waals surface area (Å²) in [7, 11) is 0. The molecular formula is C26H55NO4S. The number of esters is 2. The van der Waals surface area contributed by atoms with Gasteiger partial charge in [-0.3, -0.25) is 9.59 Å². The van der Waals surface area contributed by atoms with Crippen molar-refractivity contribution < 1.29 is 19.1 Å². The van der Waals surface area contributed by atoms with Crippen LogP contribution in [0, 0.1) is 5.41 Å². The molecule has 3 unspecified atom stereocenters. The molecular weight excluding hydrogens is 422 g/mol. The third kappa shape index (κ3) is 12.8. The molecule has 0 aromatic rings. The summed E-state index contributed by atoms with van der Waals surface area (Å²) in [6, 6.07) is 0.0712. The Kier molecular flexibility index (Phi) is 23.0. The quantitative estimate of drug-likeness (QED) is 0.155. The Hall–Kier alpha value is -1.17. The molecule has 1 aliphatic rings. The van der Waals surface area contributed by atoms with Crippen LogP contribution in [0.1, 0.15) is 122 Å². The zero-order chi connectivity index (χ0) is 21.2. The number of ether oxygens (including phenoxy) is 2. The predicted octanol–water partition coefficient (Wildman–Crippen LogP) is 7.59. The van der Waals surface area contributed by atoms with E-state index in [2.05, 4.69) is 11.8 Å². The Balaban J connectivity index is -0.000000980. The van der Waals surface area contributed by atoms with Crippen LogP contribution in [0.15, 0.2) is 0 Å². The molecule has 1 aliphatic heterocycles. The van der Waals surface area contributed by atoms with Crippen LogP contribution in [-0.2, 0) is 19.1 Å². The second-order valence-corrected chi connectivity index (χ2v) is 8.79. The molecule has 1 fully saturated rings. The van der Waals surface area contributed by atoms with Crippen molar-refractivity contribution in [2.24, 2.45) is 5.41 Å². The zero-order valence-electron chi connectivity index (χ0n) is 18.4. The van der Waals surface area contributed by atoms with Crippen molar-refractivity contribution in [3.05, 3.63) is 0 Å². The minimum absolute atomic E-state index is 0. The van der Waals surface area contributed by atoms with E-state index in [1.807, 2.05) is 20.8 Å². The first-order valence-electron chi connectivity index (χ1n) is 10.9. The van der Waals surface area contributed by atoms with Crippen molar-refractivity contribution in [1.29, 1.82) is 0 Å². The van der Waals surface area contributed by atoms with Crippen molar-refractivity contribution in [3.8, 4) is 0 Å². The van der Waals surface area contributed by atoms with Gasteiger partial charge < -0.3 is 14.4 Å². The highest BCUT2D eigenvalue weighted by molar-refractivity contribution is 7.80. The van der Waals surface area contributed by atoms with Crippen LogP contribution in [0.25, 0.3) is 0 Å². The lowest BCUT2D eigenvalue weighted by Crippen LogP contribution is -2.44. The van der Waals surface area contributed by atoms with E-state index in [1.165, 1.54) is 19.8 Å². The van der Waals surface area contributed by atoms with E-state index in [0.717, 1.165) is 37.2 Å². The lowest BCUT2D eigenvalue weighted by molar-refractivity contribution is -0.157. The Morgan fingerprint density at radius 3 is 2.22 bits per heavy atom. The summed E-state index contributed by atoms with van der Waals surface area (Å²) in [6.45, 7) is 10.9. The Morgan fingerprint density at radius 2 is 1.75 bits per heavy atom. The van der Waals surface area contributed by atoms with Crippen LogP contribution in [0.5, 0.6) is 0 Å². The van der Waals surface area contributed by atoms with E-state index in [-0.39, 0.29) is 53.8 Å². The van der Waals surface area contributed by atoms with E-state index >= 15 is 0 Å². The van der Waals surface area contributed by atoms with Crippen molar-refractivity contribution >= 4 is 29.1 Å². The molecule has 6 heteroatoms. The number of nitrogens with zero attached hydrogens (tertiary/aromatic N) is 1. The number of hydrogen-bond acceptors (Lipinski definition) is 5. The van der Waals surface area contributed by atoms with Crippen molar-refractivity contribution in [3.63, 3.8) is 0 Å². The number of unbranched alkanes of at least 4 members (excludes halogenated alkanes) is 3. The normalized spacial score (nSPS) is 16.2. The van der Waals surface area contributed by atoms with E-state index in [4.69, 9.17) is 21.7 Å². The molecule has 5 nitrogen and oxygen atoms in total. The van der Waals surface area contributed by atoms with Crippen LogP contribution >= 0.6 is 12.2 Å². The predicted molar refractivity (Wildman–Crippen MR) is 143 cm³/mol. The van der Waals surface area contributed by atoms with E-state index < -0.39 is 5.41 Å². The van der Waals surface area contributed by atoms with Gasteiger partial charge in [0.25, 0.3) is 0 Å². The largest absolute Gasteiger partial charge is 0.465 e. The van der Waals surface area contributed by atoms with Gasteiger partial charge in [0.05, 0.1) is 17.0 Å². The lowest BCUT2D eigenvalue weighted by Gasteiger charge is -2.37. The van der Waals surface area contributed by atoms with Crippen LogP contribution < -0.4 is 0 Å². The van der Waals surface area contributed by atoms with Gasteiger partial charge in [-0.15, -0.1) is 0 Å². The number of carbonyl (C=O) groups is 2. The highest BCUT2D eigenvalue weighted by atomic mass is 32.1. The summed E-state index contributed by atoms with van der Waals surface area (Å²) in [5.41, 5.74) is -0.566. The van der Waals surface area contributed by atoms with Crippen LogP contribution in [-0.4, -0.2) is 47.1 Å². The molecule has 1 saturated heterocycles. The second-order valence-electron chi connectivity index (χ2n) is 8.32. The minimum Gasteiger partial charge on any atom is -0.465 e. The maximum Gasteiger partial charge on any atom is 0.311 e. The van der Waals surface area contributed by atoms with Gasteiger partial charge in [-0.2, -0.15) is 0 Å². The Bertz CT molecular complexity index is 526. The SMILES string of the molecule is C.C.C.C.CCCCCCOC(=O)C(C)(CC)CC(CC(C)OC(C)=O)N1CCCC1=S. The summed E-state index contributed by atoms with van der Waals surface area (Å²) >= 11 is 5.56. The summed E-state index contributed by atoms with van der Waals surface area (Å²) in [5.74, 6) is -0.401. The third-order valence-corrected chi connectivity index (χ3v) is 6.15. The Labute approximate surface area is 206 Å². The maximum absolute atomic E-state index is 12.9. The molecule has 0 spiro atoms. The zero-order valence-corrected chi connectivity index (χ0v) is 19.2. The van der Waals surface area contributed by atoms with E-state index in [9.17, 15) is 9.59 Å². The molecule has 0 radical (unpaired) electrons. The molecule has 1 rings (SSSR count). The molecule has 0 amide bonds. The van der Waals surface area contributed by atoms with Crippen LogP contribution in [0.2, 0.25) is 0 Å². The first kappa shape index (κ1) is 38.1. The van der Waals surface area contributed by atoms with Crippen LogP contribution in [0.4, 0.5) is 0 Å². The highest BCUT2D eigenvalue weighted by Gasteiger charge is 2.39. The summed E-state index contributed by atoms with van der Waals surface area (Å²) < 4.78 is 11.0. The first-order chi connectivity index (χ1) is 13.2. The summed E-state index contributed by atoms with van der Waals surface area (Å²) in [5, 5.41) is 0. The fraction of sp³-hybridized carbons (Fsp3) is 0.885. The average Bonchev–Trinajstić information content (AvgIpc) is 3.05. The molecule has 0 aliphatic carbocycles. The smallest absolute Gasteiger partial charge is 0.311 e. The number of likely N-dealkylation sites (tertiary alicyclic amines) is 1. The standard InChI is InChI=1S/C22H39NO4S.4CH4/c1-6-8-9-10-14-26-21(25)22(5,7-2)16-19(15-17(3)27-18(4)24)23-13-11-12-20(23)28;;;;/h17,19H,6-16H2,1-5H3;4*1H4. The molecule has 32 heavy (non-hydrogen) atoms. The number of thiocarbonyl (C=S) groups is 1. The lowest BCUT2D eigenvalue weighted by atomic mass is 9.79. The fourth-order valence-electron chi connectivity index (χ4n) is 3.85. The number of carbonyl (C=O) groups excluding carboxylic acids is 2. The fourth-order valence-corrected chi connectivity index (χ4v) is 4.24. The molecule has 0 saturated carbocycles. The van der Waals surface area contributed by atoms with Crippen molar-refractivity contribution in [1.82, 2.24) is 4.90 Å². The Morgan fingerprint density at radius 1 is 1.12 bits per heavy atom. The van der Waals surface area contributed by atoms with E-state index in [0.29, 0.717) is 25.9 Å². The summed E-state index contributed by atoms with van der Waals surface area (Å²) in [6.07, 6.45) is 8.13. The van der Waals surface area contributed by atoms with E-state index in [1.54, 1.807) is 0 Å². The third-order valence-electron chi connectivity index (χ3n) is 5.71. The van der Waals surface area contributed by atoms with Gasteiger partial charge in [0, 0.05) is 25.9 Å². The molecule has 0 aromatic carbocycles. The maximum atomic E-state index is 12.9. The topological polar surface area (TPSA) is 55.8 Å². The molecule has 194 valence electrons. The number of rotatable bonds is 13. The molecule has 0 aromatic heterocycles. The monoisotopic (exact) mass is 477 g/mol. The van der Waals surface area contributed by atoms with Gasteiger partial charge in [0.1, 0.15) is 6.10 Å². The number of hydrogen-bond donors (Lipinski definition) is 0. The van der Waals surface area contributed by atoms with Gasteiger partial charge in [0.15, 0.2) is 0 Å². The van der Waals surface area contributed by atoms with Crippen molar-refractivity contribution in [2.45, 2.75) is 134 Å². The van der Waals surface area contributed by atoms with Gasteiger partial charge in [0.2, 0.25) is 0 Å². The molecule has 0 N–H and O–H groups in total. The molecule has 1 heterocycles. The summed E-state index contributed by atoms with van der Waals surface area (Å²) in [4.78, 5) is 27.4. The van der Waals surface area contributed by atoms with Crippen molar-refractivity contribution in [2.75, 3.05) is 13.2 Å². The minimum atomic E-state index is -0.566. The first-order valence-corrected chi connectivity index (χ1v) is 11.3. The molecule has 3 atom stereocenters. The highest BCUT2D eigenvalue weighted by Crippen LogP contribution is 2.34. The van der Waals surface area contributed by atoms with Crippen LogP contribution in [0.3, 0.4) is 0 Å². The van der Waals surface area contributed by atoms with Gasteiger partial charge in [-0.25, -0.2) is 0 Å². The van der Waals surface area contributed by atoms with Gasteiger partial charge in [-0.05, 0) is 46.0 Å². The second kappa shape index (κ2) is 19.3.